The van der Waals surface area contributed by atoms with Gasteiger partial charge in [0.25, 0.3) is 0 Å². The molecule has 0 saturated heterocycles. The number of rotatable bonds is 6. The molecule has 1 heterocycles. The van der Waals surface area contributed by atoms with Gasteiger partial charge in [0.2, 0.25) is 0 Å². The molecule has 1 aromatic rings. The van der Waals surface area contributed by atoms with Crippen LogP contribution in [0.1, 0.15) is 31.6 Å². The molecule has 0 spiro atoms. The summed E-state index contributed by atoms with van der Waals surface area (Å²) in [7, 11) is 2.07. The summed E-state index contributed by atoms with van der Waals surface area (Å²) in [6.45, 7) is 4.60. The van der Waals surface area contributed by atoms with Gasteiger partial charge in [0.05, 0.1) is 0 Å². The lowest BCUT2D eigenvalue weighted by atomic mass is 9.94. The van der Waals surface area contributed by atoms with Gasteiger partial charge < -0.3 is 5.32 Å². The molecule has 14 heavy (non-hydrogen) atoms. The Morgan fingerprint density at radius 3 is 2.79 bits per heavy atom. The molecule has 2 unspecified atom stereocenters. The molecular weight excluding hydrogens is 190 g/mol. The van der Waals surface area contributed by atoms with Gasteiger partial charge in [0, 0.05) is 10.9 Å². The smallest absolute Gasteiger partial charge is 0.00871 e. The summed E-state index contributed by atoms with van der Waals surface area (Å²) in [6.07, 6.45) is 3.75. The van der Waals surface area contributed by atoms with Crippen LogP contribution in [0.15, 0.2) is 17.5 Å². The van der Waals surface area contributed by atoms with Crippen LogP contribution in [-0.2, 0) is 6.42 Å². The summed E-state index contributed by atoms with van der Waals surface area (Å²) in [5, 5.41) is 5.55. The third-order valence-corrected chi connectivity index (χ3v) is 3.86. The van der Waals surface area contributed by atoms with E-state index in [2.05, 4.69) is 43.7 Å². The van der Waals surface area contributed by atoms with Gasteiger partial charge in [-0.2, -0.15) is 0 Å². The minimum Gasteiger partial charge on any atom is -0.317 e. The minimum atomic E-state index is 0.676. The summed E-state index contributed by atoms with van der Waals surface area (Å²) < 4.78 is 0. The molecule has 1 aromatic heterocycles. The fourth-order valence-electron chi connectivity index (χ4n) is 1.92. The molecule has 1 nitrogen and oxygen atoms in total. The molecule has 0 aliphatic rings. The molecule has 2 atom stereocenters. The van der Waals surface area contributed by atoms with E-state index in [1.165, 1.54) is 24.1 Å². The van der Waals surface area contributed by atoms with Gasteiger partial charge in [0.15, 0.2) is 0 Å². The lowest BCUT2D eigenvalue weighted by Crippen LogP contribution is -2.31. The van der Waals surface area contributed by atoms with E-state index in [1.807, 2.05) is 11.3 Å². The first kappa shape index (κ1) is 11.7. The Morgan fingerprint density at radius 2 is 2.29 bits per heavy atom. The van der Waals surface area contributed by atoms with Gasteiger partial charge in [-0.1, -0.05) is 19.9 Å². The zero-order chi connectivity index (χ0) is 10.4. The molecule has 0 amide bonds. The Balaban J connectivity index is 2.30. The fourth-order valence-corrected chi connectivity index (χ4v) is 2.64. The van der Waals surface area contributed by atoms with Gasteiger partial charge in [0.1, 0.15) is 0 Å². The molecule has 0 fully saturated rings. The van der Waals surface area contributed by atoms with Crippen molar-refractivity contribution < 1.29 is 0 Å². The number of hydrogen-bond donors (Lipinski definition) is 1. The molecule has 0 aromatic carbocycles. The third-order valence-electron chi connectivity index (χ3n) is 2.92. The number of hydrogen-bond acceptors (Lipinski definition) is 2. The van der Waals surface area contributed by atoms with E-state index in [0.717, 1.165) is 5.92 Å². The molecule has 0 aliphatic carbocycles. The van der Waals surface area contributed by atoms with Crippen molar-refractivity contribution in [2.75, 3.05) is 7.05 Å². The first-order valence-electron chi connectivity index (χ1n) is 5.47. The van der Waals surface area contributed by atoms with Crippen molar-refractivity contribution in [3.63, 3.8) is 0 Å². The topological polar surface area (TPSA) is 12.0 Å². The highest BCUT2D eigenvalue weighted by molar-refractivity contribution is 7.09. The molecule has 1 N–H and O–H groups in total. The van der Waals surface area contributed by atoms with Crippen molar-refractivity contribution in [1.82, 2.24) is 5.32 Å². The first-order valence-corrected chi connectivity index (χ1v) is 6.35. The molecule has 0 saturated carbocycles. The lowest BCUT2D eigenvalue weighted by Gasteiger charge is -2.21. The Bertz CT molecular complexity index is 226. The monoisotopic (exact) mass is 211 g/mol. The second-order valence-corrected chi connectivity index (χ2v) is 4.93. The van der Waals surface area contributed by atoms with E-state index >= 15 is 0 Å². The molecule has 1 rings (SSSR count). The zero-order valence-corrected chi connectivity index (χ0v) is 10.2. The first-order chi connectivity index (χ1) is 6.77. The van der Waals surface area contributed by atoms with E-state index in [9.17, 15) is 0 Å². The van der Waals surface area contributed by atoms with Crippen molar-refractivity contribution >= 4 is 11.3 Å². The molecule has 2 heteroatoms. The highest BCUT2D eigenvalue weighted by Gasteiger charge is 2.12. The van der Waals surface area contributed by atoms with E-state index < -0.39 is 0 Å². The van der Waals surface area contributed by atoms with E-state index in [-0.39, 0.29) is 0 Å². The Hall–Kier alpha value is -0.340. The summed E-state index contributed by atoms with van der Waals surface area (Å²) in [4.78, 5) is 1.52. The van der Waals surface area contributed by atoms with Crippen LogP contribution >= 0.6 is 11.3 Å². The maximum absolute atomic E-state index is 3.38. The average molecular weight is 211 g/mol. The summed E-state index contributed by atoms with van der Waals surface area (Å²) in [5.41, 5.74) is 0. The van der Waals surface area contributed by atoms with Crippen LogP contribution in [0.5, 0.6) is 0 Å². The Kier molecular flexibility index (Phi) is 5.20. The largest absolute Gasteiger partial charge is 0.317 e. The van der Waals surface area contributed by atoms with Crippen LogP contribution in [0, 0.1) is 5.92 Å². The van der Waals surface area contributed by atoms with Gasteiger partial charge in [-0.3, -0.25) is 0 Å². The quantitative estimate of drug-likeness (QED) is 0.761. The molecular formula is C12H21NS. The van der Waals surface area contributed by atoms with E-state index in [1.54, 1.807) is 0 Å². The Labute approximate surface area is 91.5 Å². The summed E-state index contributed by atoms with van der Waals surface area (Å²) in [5.74, 6) is 0.770. The predicted molar refractivity (Wildman–Crippen MR) is 64.9 cm³/mol. The van der Waals surface area contributed by atoms with Crippen molar-refractivity contribution in [3.8, 4) is 0 Å². The SMILES string of the molecule is CCC(NC)C(C)CCc1cccs1. The number of thiophene rings is 1. The van der Waals surface area contributed by atoms with Crippen molar-refractivity contribution in [2.45, 2.75) is 39.2 Å². The predicted octanol–water partition coefficient (Wildman–Crippen LogP) is 3.31. The second kappa shape index (κ2) is 6.20. The van der Waals surface area contributed by atoms with Crippen LogP contribution in [0.4, 0.5) is 0 Å². The zero-order valence-electron chi connectivity index (χ0n) is 9.42. The van der Waals surface area contributed by atoms with Crippen molar-refractivity contribution in [3.05, 3.63) is 22.4 Å². The number of nitrogens with one attached hydrogen (secondary N) is 1. The van der Waals surface area contributed by atoms with Gasteiger partial charge >= 0.3 is 0 Å². The summed E-state index contributed by atoms with van der Waals surface area (Å²) >= 11 is 1.87. The minimum absolute atomic E-state index is 0.676. The normalized spacial score (nSPS) is 15.4. The van der Waals surface area contributed by atoms with Crippen LogP contribution in [0.2, 0.25) is 0 Å². The van der Waals surface area contributed by atoms with Gasteiger partial charge in [-0.15, -0.1) is 11.3 Å². The molecule has 0 bridgehead atoms. The maximum atomic E-state index is 3.38. The third kappa shape index (κ3) is 3.43. The van der Waals surface area contributed by atoms with E-state index in [4.69, 9.17) is 0 Å². The number of aryl methyl sites for hydroxylation is 1. The van der Waals surface area contributed by atoms with Crippen LogP contribution < -0.4 is 5.32 Å². The van der Waals surface area contributed by atoms with Crippen LogP contribution in [0.3, 0.4) is 0 Å². The van der Waals surface area contributed by atoms with Gasteiger partial charge in [-0.05, 0) is 43.7 Å². The highest BCUT2D eigenvalue weighted by atomic mass is 32.1. The summed E-state index contributed by atoms with van der Waals surface area (Å²) in [6, 6.07) is 5.05. The van der Waals surface area contributed by atoms with Crippen LogP contribution in [0.25, 0.3) is 0 Å². The maximum Gasteiger partial charge on any atom is 0.00871 e. The Morgan fingerprint density at radius 1 is 1.50 bits per heavy atom. The standard InChI is InChI=1S/C12H21NS/c1-4-12(13-3)10(2)7-8-11-6-5-9-14-11/h5-6,9-10,12-13H,4,7-8H2,1-3H3. The van der Waals surface area contributed by atoms with Crippen molar-refractivity contribution in [2.24, 2.45) is 5.92 Å². The average Bonchev–Trinajstić information content (AvgIpc) is 2.69. The van der Waals surface area contributed by atoms with Gasteiger partial charge in [-0.25, -0.2) is 0 Å². The molecule has 80 valence electrons. The van der Waals surface area contributed by atoms with Crippen molar-refractivity contribution in [1.29, 1.82) is 0 Å². The van der Waals surface area contributed by atoms with E-state index in [0.29, 0.717) is 6.04 Å². The molecule has 0 radical (unpaired) electrons. The van der Waals surface area contributed by atoms with Crippen LogP contribution in [-0.4, -0.2) is 13.1 Å². The fraction of sp³-hybridized carbons (Fsp3) is 0.667. The molecule has 0 aliphatic heterocycles. The highest BCUT2D eigenvalue weighted by Crippen LogP contribution is 2.17. The lowest BCUT2D eigenvalue weighted by molar-refractivity contribution is 0.369. The second-order valence-electron chi connectivity index (χ2n) is 3.90.